The fourth-order valence-corrected chi connectivity index (χ4v) is 1.27. The van der Waals surface area contributed by atoms with Crippen molar-refractivity contribution in [1.29, 1.82) is 0 Å². The number of aromatic nitrogens is 2. The third kappa shape index (κ3) is 0.861. The van der Waals surface area contributed by atoms with E-state index in [9.17, 15) is 4.79 Å². The van der Waals surface area contributed by atoms with Gasteiger partial charge in [0.2, 0.25) is 0 Å². The van der Waals surface area contributed by atoms with E-state index in [1.165, 1.54) is 0 Å². The molecule has 1 atom stereocenters. The van der Waals surface area contributed by atoms with Crippen LogP contribution in [0.15, 0.2) is 6.33 Å². The summed E-state index contributed by atoms with van der Waals surface area (Å²) in [4.78, 5) is 15.2. The molecule has 0 aromatic carbocycles. The van der Waals surface area contributed by atoms with Gasteiger partial charge in [-0.3, -0.25) is 4.79 Å². The topological polar surface area (TPSA) is 59.0 Å². The van der Waals surface area contributed by atoms with Crippen molar-refractivity contribution in [1.82, 2.24) is 14.9 Å². The monoisotopic (exact) mass is 166 g/mol. The minimum absolute atomic E-state index is 0.0274. The fraction of sp³-hybridized carbons (Fsp3) is 0.429. The normalized spacial score (nSPS) is 21.2. The Bertz CT molecular complexity index is 330. The van der Waals surface area contributed by atoms with Crippen LogP contribution in [0.3, 0.4) is 0 Å². The molecule has 1 aromatic heterocycles. The van der Waals surface area contributed by atoms with Gasteiger partial charge in [0.05, 0.1) is 12.5 Å². The van der Waals surface area contributed by atoms with Crippen molar-refractivity contribution < 1.29 is 4.79 Å². The predicted octanol–water partition coefficient (Wildman–Crippen LogP) is -0.0786. The molecule has 0 radical (unpaired) electrons. The number of carbonyl (C=O) groups is 1. The lowest BCUT2D eigenvalue weighted by atomic mass is 10.3. The number of fused-ring (bicyclic) bond motifs is 1. The van der Waals surface area contributed by atoms with Crippen molar-refractivity contribution in [3.8, 4) is 0 Å². The third-order valence-electron chi connectivity index (χ3n) is 1.85. The highest BCUT2D eigenvalue weighted by atomic mass is 16.2. The Kier molecular flexibility index (Phi) is 1.33. The van der Waals surface area contributed by atoms with Crippen LogP contribution in [0.25, 0.3) is 0 Å². The summed E-state index contributed by atoms with van der Waals surface area (Å²) in [6.07, 6.45) is 1.59. The number of aryl methyl sites for hydroxylation is 1. The summed E-state index contributed by atoms with van der Waals surface area (Å²) in [6.45, 7) is 1.88. The highest BCUT2D eigenvalue weighted by Gasteiger charge is 2.24. The van der Waals surface area contributed by atoms with Crippen LogP contribution < -0.4 is 10.6 Å². The van der Waals surface area contributed by atoms with Crippen molar-refractivity contribution in [2.45, 2.75) is 13.1 Å². The van der Waals surface area contributed by atoms with E-state index >= 15 is 0 Å². The Morgan fingerprint density at radius 1 is 1.58 bits per heavy atom. The quantitative estimate of drug-likeness (QED) is 0.566. The first-order valence-electron chi connectivity index (χ1n) is 3.77. The molecule has 1 aliphatic rings. The minimum Gasteiger partial charge on any atom is -0.350 e. The lowest BCUT2D eigenvalue weighted by molar-refractivity contribution is 0.0934. The molecule has 2 rings (SSSR count). The first-order valence-corrected chi connectivity index (χ1v) is 3.77. The van der Waals surface area contributed by atoms with E-state index in [0.29, 0.717) is 5.69 Å². The summed E-state index contributed by atoms with van der Waals surface area (Å²) in [5.41, 5.74) is 0.468. The predicted molar refractivity (Wildman–Crippen MR) is 43.8 cm³/mol. The van der Waals surface area contributed by atoms with E-state index in [4.69, 9.17) is 0 Å². The van der Waals surface area contributed by atoms with Gasteiger partial charge in [0.15, 0.2) is 5.69 Å². The maximum atomic E-state index is 11.3. The van der Waals surface area contributed by atoms with Crippen LogP contribution in [0.2, 0.25) is 0 Å². The van der Waals surface area contributed by atoms with Gasteiger partial charge in [0.25, 0.3) is 5.91 Å². The van der Waals surface area contributed by atoms with Gasteiger partial charge in [-0.05, 0) is 6.92 Å². The average molecular weight is 166 g/mol. The van der Waals surface area contributed by atoms with Crippen LogP contribution in [0.5, 0.6) is 0 Å². The number of nitrogens with zero attached hydrogens (tertiary/aromatic N) is 2. The zero-order valence-electron chi connectivity index (χ0n) is 6.96. The standard InChI is InChI=1S/C7H10N4O/c1-4-9-6-5(7(12)10-4)8-3-11(6)2/h3-4,9H,1-2H3,(H,10,12). The molecule has 1 aliphatic heterocycles. The van der Waals surface area contributed by atoms with Gasteiger partial charge >= 0.3 is 0 Å². The van der Waals surface area contributed by atoms with Gasteiger partial charge in [0.1, 0.15) is 5.82 Å². The van der Waals surface area contributed by atoms with Gasteiger partial charge in [-0.25, -0.2) is 4.98 Å². The molecular weight excluding hydrogens is 156 g/mol. The molecule has 5 nitrogen and oxygen atoms in total. The van der Waals surface area contributed by atoms with Crippen molar-refractivity contribution in [3.05, 3.63) is 12.0 Å². The van der Waals surface area contributed by atoms with E-state index in [1.54, 1.807) is 10.9 Å². The number of amides is 1. The fourth-order valence-electron chi connectivity index (χ4n) is 1.27. The minimum atomic E-state index is -0.114. The molecule has 5 heteroatoms. The molecule has 0 saturated heterocycles. The summed E-state index contributed by atoms with van der Waals surface area (Å²) < 4.78 is 1.80. The van der Waals surface area contributed by atoms with Gasteiger partial charge in [-0.2, -0.15) is 0 Å². The Balaban J connectivity index is 2.50. The lowest BCUT2D eigenvalue weighted by Crippen LogP contribution is -2.43. The molecule has 2 heterocycles. The Labute approximate surface area is 69.8 Å². The number of imidazole rings is 1. The second-order valence-electron chi connectivity index (χ2n) is 2.89. The molecule has 2 N–H and O–H groups in total. The Morgan fingerprint density at radius 2 is 2.33 bits per heavy atom. The van der Waals surface area contributed by atoms with E-state index in [0.717, 1.165) is 5.82 Å². The maximum Gasteiger partial charge on any atom is 0.275 e. The van der Waals surface area contributed by atoms with Crippen molar-refractivity contribution in [2.75, 3.05) is 5.32 Å². The maximum absolute atomic E-state index is 11.3. The van der Waals surface area contributed by atoms with Crippen LogP contribution >= 0.6 is 0 Å². The van der Waals surface area contributed by atoms with Crippen molar-refractivity contribution in [2.24, 2.45) is 7.05 Å². The van der Waals surface area contributed by atoms with Crippen LogP contribution in [-0.2, 0) is 7.05 Å². The summed E-state index contributed by atoms with van der Waals surface area (Å²) in [5.74, 6) is 0.670. The lowest BCUT2D eigenvalue weighted by Gasteiger charge is -2.22. The first kappa shape index (κ1) is 7.15. The SMILES string of the molecule is CC1NC(=O)c2ncn(C)c2N1. The third-order valence-corrected chi connectivity index (χ3v) is 1.85. The highest BCUT2D eigenvalue weighted by Crippen LogP contribution is 2.16. The van der Waals surface area contributed by atoms with E-state index in [2.05, 4.69) is 15.6 Å². The van der Waals surface area contributed by atoms with Gasteiger partial charge in [-0.1, -0.05) is 0 Å². The van der Waals surface area contributed by atoms with Crippen molar-refractivity contribution >= 4 is 11.7 Å². The number of nitrogens with one attached hydrogen (secondary N) is 2. The molecule has 1 amide bonds. The van der Waals surface area contributed by atoms with Gasteiger partial charge in [-0.15, -0.1) is 0 Å². The molecule has 1 aromatic rings. The van der Waals surface area contributed by atoms with Crippen LogP contribution in [0, 0.1) is 0 Å². The van der Waals surface area contributed by atoms with Crippen LogP contribution in [0.1, 0.15) is 17.4 Å². The zero-order chi connectivity index (χ0) is 8.72. The molecule has 0 spiro atoms. The number of anilines is 1. The number of hydrogen-bond acceptors (Lipinski definition) is 3. The number of carbonyl (C=O) groups excluding carboxylic acids is 1. The largest absolute Gasteiger partial charge is 0.350 e. The summed E-state index contributed by atoms with van der Waals surface area (Å²) in [5, 5.41) is 5.83. The van der Waals surface area contributed by atoms with E-state index in [-0.39, 0.29) is 12.1 Å². The first-order chi connectivity index (χ1) is 5.68. The Hall–Kier alpha value is -1.52. The van der Waals surface area contributed by atoms with E-state index < -0.39 is 0 Å². The van der Waals surface area contributed by atoms with Crippen molar-refractivity contribution in [3.63, 3.8) is 0 Å². The number of rotatable bonds is 0. The smallest absolute Gasteiger partial charge is 0.275 e. The molecule has 64 valence electrons. The molecule has 0 aliphatic carbocycles. The van der Waals surface area contributed by atoms with E-state index in [1.807, 2.05) is 14.0 Å². The van der Waals surface area contributed by atoms with Gasteiger partial charge < -0.3 is 15.2 Å². The number of hydrogen-bond donors (Lipinski definition) is 2. The Morgan fingerprint density at radius 3 is 3.08 bits per heavy atom. The summed E-state index contributed by atoms with van der Waals surface area (Å²) >= 11 is 0. The summed E-state index contributed by atoms with van der Waals surface area (Å²) in [6, 6.07) is 0. The summed E-state index contributed by atoms with van der Waals surface area (Å²) in [7, 11) is 1.85. The molecular formula is C7H10N4O. The molecule has 1 unspecified atom stereocenters. The van der Waals surface area contributed by atoms with Crippen LogP contribution in [-0.4, -0.2) is 21.6 Å². The second kappa shape index (κ2) is 2.23. The second-order valence-corrected chi connectivity index (χ2v) is 2.89. The highest BCUT2D eigenvalue weighted by molar-refractivity contribution is 5.98. The average Bonchev–Trinajstić information content (AvgIpc) is 2.33. The molecule has 0 fully saturated rings. The molecule has 12 heavy (non-hydrogen) atoms. The molecule has 0 bridgehead atoms. The van der Waals surface area contributed by atoms with Gasteiger partial charge in [0, 0.05) is 7.05 Å². The van der Waals surface area contributed by atoms with Crippen LogP contribution in [0.4, 0.5) is 5.82 Å². The molecule has 0 saturated carbocycles. The zero-order valence-corrected chi connectivity index (χ0v) is 6.96.